The van der Waals surface area contributed by atoms with Crippen molar-refractivity contribution in [1.82, 2.24) is 15.1 Å². The summed E-state index contributed by atoms with van der Waals surface area (Å²) >= 11 is 5.92. The van der Waals surface area contributed by atoms with Gasteiger partial charge in [-0.15, -0.1) is 0 Å². The van der Waals surface area contributed by atoms with E-state index in [9.17, 15) is 5.26 Å². The number of nitrogens with one attached hydrogen (secondary N) is 1. The molecule has 1 rings (SSSR count). The van der Waals surface area contributed by atoms with Crippen molar-refractivity contribution in [1.29, 1.82) is 5.26 Å². The summed E-state index contributed by atoms with van der Waals surface area (Å²) < 4.78 is 1.70. The minimum Gasteiger partial charge on any atom is -0.296 e. The molecule has 0 spiro atoms. The Morgan fingerprint density at radius 2 is 2.31 bits per heavy atom. The summed E-state index contributed by atoms with van der Waals surface area (Å²) in [4.78, 5) is 0. The van der Waals surface area contributed by atoms with Crippen LogP contribution in [0, 0.1) is 18.3 Å². The molecule has 1 N–H and O–H groups in total. The smallest absolute Gasteiger partial charge is 0.123 e. The third kappa shape index (κ3) is 3.22. The molecule has 1 heterocycles. The zero-order valence-corrected chi connectivity index (χ0v) is 10.8. The van der Waals surface area contributed by atoms with Crippen LogP contribution in [-0.4, -0.2) is 21.4 Å². The Morgan fingerprint density at radius 1 is 1.69 bits per heavy atom. The highest BCUT2D eigenvalue weighted by Crippen LogP contribution is 2.15. The lowest BCUT2D eigenvalue weighted by Gasteiger charge is -2.25. The number of aromatic nitrogens is 2. The second kappa shape index (κ2) is 4.86. The molecule has 0 aromatic carbocycles. The van der Waals surface area contributed by atoms with Gasteiger partial charge in [-0.05, 0) is 27.7 Å². The molecule has 0 amide bonds. The molecule has 0 aliphatic carbocycles. The Labute approximate surface area is 101 Å². The van der Waals surface area contributed by atoms with Gasteiger partial charge >= 0.3 is 0 Å². The maximum atomic E-state index is 9.18. The van der Waals surface area contributed by atoms with Gasteiger partial charge in [0.05, 0.1) is 23.3 Å². The van der Waals surface area contributed by atoms with Crippen LogP contribution in [0.4, 0.5) is 0 Å². The van der Waals surface area contributed by atoms with E-state index in [4.69, 9.17) is 11.6 Å². The van der Waals surface area contributed by atoms with Gasteiger partial charge in [-0.25, -0.2) is 0 Å². The van der Waals surface area contributed by atoms with Crippen molar-refractivity contribution < 1.29 is 0 Å². The Bertz CT molecular complexity index is 385. The van der Waals surface area contributed by atoms with Gasteiger partial charge in [0.2, 0.25) is 0 Å². The zero-order chi connectivity index (χ0) is 12.3. The van der Waals surface area contributed by atoms with E-state index in [1.165, 1.54) is 0 Å². The number of hydrogen-bond donors (Lipinski definition) is 1. The molecule has 1 unspecified atom stereocenters. The molecular weight excluding hydrogens is 224 g/mol. The first kappa shape index (κ1) is 13.0. The van der Waals surface area contributed by atoms with Crippen LogP contribution in [0.2, 0.25) is 5.02 Å². The van der Waals surface area contributed by atoms with E-state index in [2.05, 4.69) is 16.5 Å². The molecule has 0 aliphatic heterocycles. The van der Waals surface area contributed by atoms with Crippen LogP contribution in [0.15, 0.2) is 6.20 Å². The van der Waals surface area contributed by atoms with E-state index in [1.807, 2.05) is 27.7 Å². The molecule has 4 nitrogen and oxygen atoms in total. The van der Waals surface area contributed by atoms with Crippen molar-refractivity contribution in [3.05, 3.63) is 16.9 Å². The number of aryl methyl sites for hydroxylation is 1. The first-order chi connectivity index (χ1) is 7.36. The van der Waals surface area contributed by atoms with Gasteiger partial charge in [-0.1, -0.05) is 11.6 Å². The van der Waals surface area contributed by atoms with E-state index >= 15 is 0 Å². The summed E-state index contributed by atoms with van der Waals surface area (Å²) in [6.45, 7) is 8.21. The molecule has 88 valence electrons. The maximum absolute atomic E-state index is 9.18. The molecule has 1 aromatic heterocycles. The van der Waals surface area contributed by atoms with Gasteiger partial charge in [-0.2, -0.15) is 10.4 Å². The number of rotatable bonds is 4. The van der Waals surface area contributed by atoms with Crippen molar-refractivity contribution in [3.63, 3.8) is 0 Å². The largest absolute Gasteiger partial charge is 0.296 e. The average Bonchev–Trinajstić information content (AvgIpc) is 2.44. The predicted octanol–water partition coefficient (Wildman–Crippen LogP) is 2.13. The molecule has 1 atom stereocenters. The molecule has 1 aromatic rings. The van der Waals surface area contributed by atoms with E-state index in [-0.39, 0.29) is 6.04 Å². The average molecular weight is 241 g/mol. The van der Waals surface area contributed by atoms with Crippen molar-refractivity contribution >= 4 is 11.6 Å². The van der Waals surface area contributed by atoms with Crippen molar-refractivity contribution in [2.75, 3.05) is 0 Å². The SMILES string of the molecule is Cc1nn(CC(C)(C#N)NC(C)C)cc1Cl. The first-order valence-electron chi connectivity index (χ1n) is 5.25. The summed E-state index contributed by atoms with van der Waals surface area (Å²) in [6.07, 6.45) is 1.74. The lowest BCUT2D eigenvalue weighted by molar-refractivity contribution is 0.343. The fourth-order valence-electron chi connectivity index (χ4n) is 1.65. The lowest BCUT2D eigenvalue weighted by atomic mass is 10.0. The van der Waals surface area contributed by atoms with Crippen molar-refractivity contribution in [3.8, 4) is 6.07 Å². The van der Waals surface area contributed by atoms with Gasteiger partial charge in [0.15, 0.2) is 0 Å². The second-order valence-electron chi connectivity index (χ2n) is 4.50. The van der Waals surface area contributed by atoms with Crippen LogP contribution in [0.25, 0.3) is 0 Å². The van der Waals surface area contributed by atoms with Gasteiger partial charge < -0.3 is 0 Å². The summed E-state index contributed by atoms with van der Waals surface area (Å²) in [7, 11) is 0. The Morgan fingerprint density at radius 3 is 2.69 bits per heavy atom. The normalized spacial score (nSPS) is 14.8. The molecule has 0 saturated carbocycles. The second-order valence-corrected chi connectivity index (χ2v) is 4.91. The van der Waals surface area contributed by atoms with E-state index in [0.717, 1.165) is 5.69 Å². The topological polar surface area (TPSA) is 53.6 Å². The summed E-state index contributed by atoms with van der Waals surface area (Å²) in [5.74, 6) is 0. The highest BCUT2D eigenvalue weighted by molar-refractivity contribution is 6.31. The minimum absolute atomic E-state index is 0.247. The number of halogens is 1. The minimum atomic E-state index is -0.629. The molecule has 5 heteroatoms. The Kier molecular flexibility index (Phi) is 3.95. The van der Waals surface area contributed by atoms with Crippen LogP contribution >= 0.6 is 11.6 Å². The molecule has 16 heavy (non-hydrogen) atoms. The molecule has 0 bridgehead atoms. The van der Waals surface area contributed by atoms with E-state index < -0.39 is 5.54 Å². The molecule has 0 saturated heterocycles. The van der Waals surface area contributed by atoms with Crippen LogP contribution in [0.1, 0.15) is 26.5 Å². The van der Waals surface area contributed by atoms with Gasteiger partial charge in [0, 0.05) is 12.2 Å². The highest BCUT2D eigenvalue weighted by Gasteiger charge is 2.25. The third-order valence-electron chi connectivity index (χ3n) is 2.22. The third-order valence-corrected chi connectivity index (χ3v) is 2.59. The fourth-order valence-corrected chi connectivity index (χ4v) is 1.80. The zero-order valence-electron chi connectivity index (χ0n) is 10.1. The van der Waals surface area contributed by atoms with Crippen LogP contribution in [0.5, 0.6) is 0 Å². The van der Waals surface area contributed by atoms with Gasteiger partial charge in [0.1, 0.15) is 5.54 Å². The van der Waals surface area contributed by atoms with Crippen molar-refractivity contribution in [2.24, 2.45) is 0 Å². The number of nitrogens with zero attached hydrogens (tertiary/aromatic N) is 3. The standard InChI is InChI=1S/C11H17ClN4/c1-8(2)14-11(4,6-13)7-16-5-10(12)9(3)15-16/h5,8,14H,7H2,1-4H3. The van der Waals surface area contributed by atoms with E-state index in [1.54, 1.807) is 10.9 Å². The summed E-state index contributed by atoms with van der Waals surface area (Å²) in [5, 5.41) is 17.3. The van der Waals surface area contributed by atoms with Gasteiger partial charge in [0.25, 0.3) is 0 Å². The summed E-state index contributed by atoms with van der Waals surface area (Å²) in [6, 6.07) is 2.52. The monoisotopic (exact) mass is 240 g/mol. The Hall–Kier alpha value is -1.05. The predicted molar refractivity (Wildman–Crippen MR) is 64.3 cm³/mol. The maximum Gasteiger partial charge on any atom is 0.123 e. The van der Waals surface area contributed by atoms with Crippen molar-refractivity contribution in [2.45, 2.75) is 45.8 Å². The number of hydrogen-bond acceptors (Lipinski definition) is 3. The molecule has 0 radical (unpaired) electrons. The van der Waals surface area contributed by atoms with E-state index in [0.29, 0.717) is 11.6 Å². The highest BCUT2D eigenvalue weighted by atomic mass is 35.5. The molecular formula is C11H17ClN4. The van der Waals surface area contributed by atoms with Crippen LogP contribution in [-0.2, 0) is 6.54 Å². The lowest BCUT2D eigenvalue weighted by Crippen LogP contribution is -2.48. The fraction of sp³-hybridized carbons (Fsp3) is 0.636. The molecule has 0 fully saturated rings. The quantitative estimate of drug-likeness (QED) is 0.877. The van der Waals surface area contributed by atoms with Crippen LogP contribution in [0.3, 0.4) is 0 Å². The van der Waals surface area contributed by atoms with Gasteiger partial charge in [-0.3, -0.25) is 10.00 Å². The summed E-state index contributed by atoms with van der Waals surface area (Å²) in [5.41, 5.74) is 0.155. The van der Waals surface area contributed by atoms with Crippen LogP contribution < -0.4 is 5.32 Å². The molecule has 0 aliphatic rings. The Balaban J connectivity index is 2.81. The number of nitriles is 1. The first-order valence-corrected chi connectivity index (χ1v) is 5.62.